The number of nitrogens with zero attached hydrogens (tertiary/aromatic N) is 3. The number of anilines is 1. The van der Waals surface area contributed by atoms with Crippen LogP contribution in [0.2, 0.25) is 0 Å². The van der Waals surface area contributed by atoms with E-state index in [2.05, 4.69) is 4.90 Å². The highest BCUT2D eigenvalue weighted by Gasteiger charge is 2.26. The summed E-state index contributed by atoms with van der Waals surface area (Å²) in [7, 11) is 1.32. The van der Waals surface area contributed by atoms with Crippen LogP contribution in [0.25, 0.3) is 0 Å². The number of nitrogens with two attached hydrogens (primary N) is 1. The van der Waals surface area contributed by atoms with Crippen LogP contribution in [-0.2, 0) is 10.0 Å². The first-order chi connectivity index (χ1) is 10.2. The summed E-state index contributed by atoms with van der Waals surface area (Å²) in [6.45, 7) is 3.20. The summed E-state index contributed by atoms with van der Waals surface area (Å²) in [6.07, 6.45) is 0. The molecule has 0 aromatic heterocycles. The molecular formula is C14H22N4O3S. The second kappa shape index (κ2) is 6.23. The van der Waals surface area contributed by atoms with Crippen molar-refractivity contribution >= 4 is 21.6 Å². The number of likely N-dealkylation sites (N-methyl/N-ethyl adjacent to an activating group) is 1. The van der Waals surface area contributed by atoms with Gasteiger partial charge in [0.15, 0.2) is 0 Å². The van der Waals surface area contributed by atoms with Gasteiger partial charge in [-0.1, -0.05) is 0 Å². The average molecular weight is 326 g/mol. The lowest BCUT2D eigenvalue weighted by molar-refractivity contribution is 0.1000. The SMILES string of the molecule is CN1CCN(c2ccc(C(N)=O)cc2S(=O)(=O)N(C)C)CC1. The molecule has 0 spiro atoms. The van der Waals surface area contributed by atoms with Crippen molar-refractivity contribution < 1.29 is 13.2 Å². The molecule has 0 bridgehead atoms. The summed E-state index contributed by atoms with van der Waals surface area (Å²) in [6, 6.07) is 4.61. The van der Waals surface area contributed by atoms with Crippen molar-refractivity contribution in [3.05, 3.63) is 23.8 Å². The zero-order valence-corrected chi connectivity index (χ0v) is 13.9. The lowest BCUT2D eigenvalue weighted by Gasteiger charge is -2.35. The third kappa shape index (κ3) is 3.23. The lowest BCUT2D eigenvalue weighted by atomic mass is 10.1. The average Bonchev–Trinajstić information content (AvgIpc) is 2.47. The molecule has 2 rings (SSSR count). The first kappa shape index (κ1) is 16.7. The Bertz CT molecular complexity index is 665. The molecule has 1 aliphatic heterocycles. The van der Waals surface area contributed by atoms with Crippen molar-refractivity contribution in [2.75, 3.05) is 52.2 Å². The zero-order chi connectivity index (χ0) is 16.5. The summed E-state index contributed by atoms with van der Waals surface area (Å²) >= 11 is 0. The highest BCUT2D eigenvalue weighted by molar-refractivity contribution is 7.89. The molecule has 0 atom stereocenters. The monoisotopic (exact) mass is 326 g/mol. The third-order valence-corrected chi connectivity index (χ3v) is 5.69. The van der Waals surface area contributed by atoms with Crippen LogP contribution in [0.5, 0.6) is 0 Å². The first-order valence-corrected chi connectivity index (χ1v) is 8.47. The molecule has 1 fully saturated rings. The molecule has 122 valence electrons. The van der Waals surface area contributed by atoms with E-state index in [-0.39, 0.29) is 10.5 Å². The minimum atomic E-state index is -3.66. The third-order valence-electron chi connectivity index (χ3n) is 3.85. The van der Waals surface area contributed by atoms with Crippen molar-refractivity contribution in [2.24, 2.45) is 5.73 Å². The van der Waals surface area contributed by atoms with E-state index < -0.39 is 15.9 Å². The van der Waals surface area contributed by atoms with Gasteiger partial charge >= 0.3 is 0 Å². The minimum Gasteiger partial charge on any atom is -0.368 e. The Balaban J connectivity index is 2.51. The molecule has 1 aromatic rings. The van der Waals surface area contributed by atoms with Gasteiger partial charge in [0.1, 0.15) is 4.90 Å². The fraction of sp³-hybridized carbons (Fsp3) is 0.500. The molecule has 0 aliphatic carbocycles. The Morgan fingerprint density at radius 2 is 1.77 bits per heavy atom. The summed E-state index contributed by atoms with van der Waals surface area (Å²) in [5.41, 5.74) is 6.09. The predicted octanol–water partition coefficient (Wildman–Crippen LogP) is -0.212. The van der Waals surface area contributed by atoms with E-state index >= 15 is 0 Å². The van der Waals surface area contributed by atoms with E-state index in [1.165, 1.54) is 20.2 Å². The Morgan fingerprint density at radius 1 is 1.18 bits per heavy atom. The van der Waals surface area contributed by atoms with Crippen molar-refractivity contribution in [3.63, 3.8) is 0 Å². The Morgan fingerprint density at radius 3 is 2.27 bits per heavy atom. The van der Waals surface area contributed by atoms with E-state index in [4.69, 9.17) is 5.73 Å². The number of primary amides is 1. The van der Waals surface area contributed by atoms with Gasteiger partial charge < -0.3 is 15.5 Å². The van der Waals surface area contributed by atoms with E-state index in [9.17, 15) is 13.2 Å². The molecule has 0 saturated carbocycles. The van der Waals surface area contributed by atoms with Crippen LogP contribution in [0.15, 0.2) is 23.1 Å². The quantitative estimate of drug-likeness (QED) is 0.827. The number of sulfonamides is 1. The van der Waals surface area contributed by atoms with Gasteiger partial charge in [-0.25, -0.2) is 12.7 Å². The molecule has 22 heavy (non-hydrogen) atoms. The Kier molecular flexibility index (Phi) is 4.74. The molecule has 1 aliphatic rings. The van der Waals surface area contributed by atoms with Crippen molar-refractivity contribution in [1.82, 2.24) is 9.21 Å². The number of rotatable bonds is 4. The Hall–Kier alpha value is -1.64. The van der Waals surface area contributed by atoms with Gasteiger partial charge in [0, 0.05) is 45.8 Å². The molecule has 2 N–H and O–H groups in total. The molecular weight excluding hydrogens is 304 g/mol. The molecule has 1 amide bonds. The largest absolute Gasteiger partial charge is 0.368 e. The standard InChI is InChI=1S/C14H22N4O3S/c1-16(2)22(20,21)13-10-11(14(15)19)4-5-12(13)18-8-6-17(3)7-9-18/h4-5,10H,6-9H2,1-3H3,(H2,15,19). The first-order valence-electron chi connectivity index (χ1n) is 7.03. The van der Waals surface area contributed by atoms with Crippen molar-refractivity contribution in [3.8, 4) is 0 Å². The van der Waals surface area contributed by atoms with Crippen LogP contribution in [0, 0.1) is 0 Å². The topological polar surface area (TPSA) is 87.0 Å². The number of piperazine rings is 1. The predicted molar refractivity (Wildman–Crippen MR) is 85.5 cm³/mol. The highest BCUT2D eigenvalue weighted by atomic mass is 32.2. The Labute approximate surface area is 131 Å². The zero-order valence-electron chi connectivity index (χ0n) is 13.1. The molecule has 1 aromatic carbocycles. The van der Waals surface area contributed by atoms with Crippen LogP contribution in [0.3, 0.4) is 0 Å². The number of carbonyl (C=O) groups excluding carboxylic acids is 1. The number of hydrogen-bond donors (Lipinski definition) is 1. The van der Waals surface area contributed by atoms with Crippen LogP contribution in [-0.4, -0.2) is 70.9 Å². The van der Waals surface area contributed by atoms with Gasteiger partial charge in [0.25, 0.3) is 0 Å². The van der Waals surface area contributed by atoms with Gasteiger partial charge in [0.2, 0.25) is 15.9 Å². The lowest BCUT2D eigenvalue weighted by Crippen LogP contribution is -2.45. The fourth-order valence-corrected chi connectivity index (χ4v) is 3.51. The normalized spacial score (nSPS) is 17.0. The summed E-state index contributed by atoms with van der Waals surface area (Å²) < 4.78 is 26.3. The van der Waals surface area contributed by atoms with E-state index in [1.807, 2.05) is 11.9 Å². The van der Waals surface area contributed by atoms with Crippen molar-refractivity contribution in [2.45, 2.75) is 4.90 Å². The van der Waals surface area contributed by atoms with E-state index in [1.54, 1.807) is 12.1 Å². The second-order valence-electron chi connectivity index (χ2n) is 5.62. The van der Waals surface area contributed by atoms with Crippen LogP contribution in [0.4, 0.5) is 5.69 Å². The smallest absolute Gasteiger partial charge is 0.248 e. The summed E-state index contributed by atoms with van der Waals surface area (Å²) in [5, 5.41) is 0. The van der Waals surface area contributed by atoms with Gasteiger partial charge in [0.05, 0.1) is 5.69 Å². The molecule has 0 radical (unpaired) electrons. The number of hydrogen-bond acceptors (Lipinski definition) is 5. The number of carbonyl (C=O) groups is 1. The van der Waals surface area contributed by atoms with Gasteiger partial charge in [-0.2, -0.15) is 0 Å². The molecule has 8 heteroatoms. The maximum absolute atomic E-state index is 12.6. The highest BCUT2D eigenvalue weighted by Crippen LogP contribution is 2.29. The van der Waals surface area contributed by atoms with Crippen LogP contribution in [0.1, 0.15) is 10.4 Å². The number of benzene rings is 1. The van der Waals surface area contributed by atoms with E-state index in [0.29, 0.717) is 5.69 Å². The minimum absolute atomic E-state index is 0.123. The maximum Gasteiger partial charge on any atom is 0.248 e. The second-order valence-corrected chi connectivity index (χ2v) is 7.74. The van der Waals surface area contributed by atoms with Gasteiger partial charge in [-0.05, 0) is 25.2 Å². The van der Waals surface area contributed by atoms with Crippen molar-refractivity contribution in [1.29, 1.82) is 0 Å². The van der Waals surface area contributed by atoms with Crippen LogP contribution < -0.4 is 10.6 Å². The van der Waals surface area contributed by atoms with Crippen LogP contribution >= 0.6 is 0 Å². The molecule has 1 saturated heterocycles. The molecule has 7 nitrogen and oxygen atoms in total. The number of amides is 1. The molecule has 1 heterocycles. The van der Waals surface area contributed by atoms with Gasteiger partial charge in [-0.3, -0.25) is 4.79 Å². The van der Waals surface area contributed by atoms with Gasteiger partial charge in [-0.15, -0.1) is 0 Å². The fourth-order valence-electron chi connectivity index (χ4n) is 2.38. The van der Waals surface area contributed by atoms with E-state index in [0.717, 1.165) is 30.5 Å². The summed E-state index contributed by atoms with van der Waals surface area (Å²) in [5.74, 6) is -0.639. The maximum atomic E-state index is 12.6. The summed E-state index contributed by atoms with van der Waals surface area (Å²) in [4.78, 5) is 15.7. The molecule has 0 unspecified atom stereocenters.